The van der Waals surface area contributed by atoms with Crippen molar-refractivity contribution in [1.82, 2.24) is 10.6 Å². The Morgan fingerprint density at radius 2 is 1.60 bits per heavy atom. The minimum atomic E-state index is -5.09. The van der Waals surface area contributed by atoms with Crippen LogP contribution in [0.3, 0.4) is 0 Å². The summed E-state index contributed by atoms with van der Waals surface area (Å²) in [6.07, 6.45) is 0.880. The number of carbonyl (C=O) groups is 3. The molecule has 0 aromatic carbocycles. The molecule has 1 aliphatic rings. The second-order valence-electron chi connectivity index (χ2n) is 6.41. The average Bonchev–Trinajstić information content (AvgIpc) is 2.48. The van der Waals surface area contributed by atoms with Crippen LogP contribution in [-0.4, -0.2) is 42.7 Å². The lowest BCUT2D eigenvalue weighted by molar-refractivity contribution is -0.176. The normalized spacial score (nSPS) is 23.0. The predicted molar refractivity (Wildman–Crippen MR) is 83.3 cm³/mol. The molecule has 1 aliphatic carbocycles. The number of methoxy groups -OCH3 is 1. The first-order chi connectivity index (χ1) is 11.5. The Morgan fingerprint density at radius 3 is 2.12 bits per heavy atom. The maximum Gasteiger partial charge on any atom is 0.471 e. The molecular formula is C16H23F3N2O4. The molecule has 2 N–H and O–H groups in total. The van der Waals surface area contributed by atoms with Crippen LogP contribution in [0.25, 0.3) is 0 Å². The molecule has 1 rings (SSSR count). The highest BCUT2D eigenvalue weighted by atomic mass is 19.4. The van der Waals surface area contributed by atoms with Gasteiger partial charge in [0.15, 0.2) is 0 Å². The van der Waals surface area contributed by atoms with Gasteiger partial charge in [0, 0.05) is 6.04 Å². The number of allylic oxidation sites excluding steroid dienone is 2. The standard InChI is InChI=1S/C16H23F3N2O4/c1-15(2,21-14(24)16(17,18)19)13(23)20-11-9-7-5-4-6-8-10(11)12(22)25-3/h4-5,10-11H,6-9H2,1-3H3,(H,20,23)(H,21,24)/b5-4-/t10-,11+/m0/s1. The van der Waals surface area contributed by atoms with E-state index in [-0.39, 0.29) is 0 Å². The van der Waals surface area contributed by atoms with Gasteiger partial charge < -0.3 is 15.4 Å². The summed E-state index contributed by atoms with van der Waals surface area (Å²) in [7, 11) is 1.24. The van der Waals surface area contributed by atoms with Crippen molar-refractivity contribution >= 4 is 17.8 Å². The predicted octanol–water partition coefficient (Wildman–Crippen LogP) is 1.85. The molecule has 0 bridgehead atoms. The van der Waals surface area contributed by atoms with Crippen LogP contribution < -0.4 is 10.6 Å². The minimum absolute atomic E-state index is 0.436. The van der Waals surface area contributed by atoms with Gasteiger partial charge in [-0.1, -0.05) is 12.2 Å². The van der Waals surface area contributed by atoms with Gasteiger partial charge in [0.05, 0.1) is 13.0 Å². The zero-order valence-electron chi connectivity index (χ0n) is 14.4. The van der Waals surface area contributed by atoms with E-state index in [0.29, 0.717) is 25.7 Å². The average molecular weight is 364 g/mol. The minimum Gasteiger partial charge on any atom is -0.469 e. The number of hydrogen-bond donors (Lipinski definition) is 2. The maximum absolute atomic E-state index is 12.4. The first-order valence-electron chi connectivity index (χ1n) is 7.92. The highest BCUT2D eigenvalue weighted by molar-refractivity contribution is 5.92. The number of amides is 2. The third-order valence-electron chi connectivity index (χ3n) is 4.01. The Kier molecular flexibility index (Phi) is 7.01. The quantitative estimate of drug-likeness (QED) is 0.589. The van der Waals surface area contributed by atoms with E-state index in [1.165, 1.54) is 21.0 Å². The van der Waals surface area contributed by atoms with Gasteiger partial charge in [-0.15, -0.1) is 0 Å². The first-order valence-corrected chi connectivity index (χ1v) is 7.92. The van der Waals surface area contributed by atoms with Crippen molar-refractivity contribution in [3.05, 3.63) is 12.2 Å². The Labute approximate surface area is 144 Å². The van der Waals surface area contributed by atoms with E-state index in [4.69, 9.17) is 4.74 Å². The van der Waals surface area contributed by atoms with Crippen LogP contribution in [0.2, 0.25) is 0 Å². The summed E-state index contributed by atoms with van der Waals surface area (Å²) in [5.41, 5.74) is -1.79. The zero-order valence-corrected chi connectivity index (χ0v) is 14.4. The second-order valence-corrected chi connectivity index (χ2v) is 6.41. The van der Waals surface area contributed by atoms with Gasteiger partial charge in [-0.05, 0) is 39.5 Å². The smallest absolute Gasteiger partial charge is 0.469 e. The molecule has 25 heavy (non-hydrogen) atoms. The Balaban J connectivity index is 2.87. The van der Waals surface area contributed by atoms with Crippen LogP contribution in [0.5, 0.6) is 0 Å². The van der Waals surface area contributed by atoms with Gasteiger partial charge in [0.1, 0.15) is 5.54 Å². The summed E-state index contributed by atoms with van der Waals surface area (Å²) < 4.78 is 42.0. The third kappa shape index (κ3) is 6.06. The molecule has 0 radical (unpaired) electrons. The molecule has 0 spiro atoms. The molecular weight excluding hydrogens is 341 g/mol. The summed E-state index contributed by atoms with van der Waals surface area (Å²) in [4.78, 5) is 35.5. The maximum atomic E-state index is 12.4. The highest BCUT2D eigenvalue weighted by Gasteiger charge is 2.44. The van der Waals surface area contributed by atoms with Gasteiger partial charge in [0.2, 0.25) is 5.91 Å². The molecule has 9 heteroatoms. The fraction of sp³-hybridized carbons (Fsp3) is 0.688. The monoisotopic (exact) mass is 364 g/mol. The summed E-state index contributed by atoms with van der Waals surface area (Å²) in [6, 6.07) is -0.591. The molecule has 2 atom stereocenters. The molecule has 6 nitrogen and oxygen atoms in total. The number of rotatable bonds is 4. The highest BCUT2D eigenvalue weighted by Crippen LogP contribution is 2.22. The third-order valence-corrected chi connectivity index (χ3v) is 4.01. The summed E-state index contributed by atoms with van der Waals surface area (Å²) >= 11 is 0. The zero-order chi connectivity index (χ0) is 19.3. The number of halogens is 3. The molecule has 0 saturated heterocycles. The molecule has 0 aliphatic heterocycles. The number of nitrogens with one attached hydrogen (secondary N) is 2. The fourth-order valence-electron chi connectivity index (χ4n) is 2.56. The molecule has 0 heterocycles. The lowest BCUT2D eigenvalue weighted by atomic mass is 9.88. The lowest BCUT2D eigenvalue weighted by Crippen LogP contribution is -2.60. The second kappa shape index (κ2) is 8.35. The molecule has 0 saturated carbocycles. The molecule has 2 amide bonds. The van der Waals surface area contributed by atoms with E-state index in [1.807, 2.05) is 12.2 Å². The molecule has 0 aromatic rings. The Bertz CT molecular complexity index is 544. The first kappa shape index (κ1) is 21.0. The Hall–Kier alpha value is -2.06. The molecule has 0 unspecified atom stereocenters. The van der Waals surface area contributed by atoms with Crippen molar-refractivity contribution in [3.8, 4) is 0 Å². The number of alkyl halides is 3. The SMILES string of the molecule is COC(=O)[C@H]1CC/C=C\CC[C@H]1NC(=O)C(C)(C)NC(=O)C(F)(F)F. The largest absolute Gasteiger partial charge is 0.471 e. The van der Waals surface area contributed by atoms with Crippen LogP contribution in [0.4, 0.5) is 13.2 Å². The van der Waals surface area contributed by atoms with Gasteiger partial charge in [-0.3, -0.25) is 14.4 Å². The van der Waals surface area contributed by atoms with Crippen LogP contribution in [-0.2, 0) is 19.1 Å². The van der Waals surface area contributed by atoms with Crippen molar-refractivity contribution in [1.29, 1.82) is 0 Å². The van der Waals surface area contributed by atoms with E-state index in [2.05, 4.69) is 5.32 Å². The number of esters is 1. The van der Waals surface area contributed by atoms with E-state index in [9.17, 15) is 27.6 Å². The molecule has 0 aromatic heterocycles. The van der Waals surface area contributed by atoms with Crippen LogP contribution in [0, 0.1) is 5.92 Å². The fourth-order valence-corrected chi connectivity index (χ4v) is 2.56. The van der Waals surface area contributed by atoms with Crippen molar-refractivity contribution in [2.45, 2.75) is 57.3 Å². The molecule has 0 fully saturated rings. The van der Waals surface area contributed by atoms with Crippen molar-refractivity contribution in [2.24, 2.45) is 5.92 Å². The van der Waals surface area contributed by atoms with E-state index in [0.717, 1.165) is 0 Å². The van der Waals surface area contributed by atoms with Crippen molar-refractivity contribution < 1.29 is 32.3 Å². The van der Waals surface area contributed by atoms with Crippen molar-refractivity contribution in [3.63, 3.8) is 0 Å². The van der Waals surface area contributed by atoms with Crippen molar-refractivity contribution in [2.75, 3.05) is 7.11 Å². The van der Waals surface area contributed by atoms with Gasteiger partial charge in [0.25, 0.3) is 0 Å². The van der Waals surface area contributed by atoms with E-state index >= 15 is 0 Å². The van der Waals surface area contributed by atoms with Gasteiger partial charge >= 0.3 is 18.1 Å². The van der Waals surface area contributed by atoms with Crippen LogP contribution >= 0.6 is 0 Å². The summed E-state index contributed by atoms with van der Waals surface area (Å²) in [6.45, 7) is 2.34. The van der Waals surface area contributed by atoms with Gasteiger partial charge in [-0.25, -0.2) is 0 Å². The summed E-state index contributed by atoms with van der Waals surface area (Å²) in [5, 5.41) is 4.26. The number of ether oxygens (including phenoxy) is 1. The van der Waals surface area contributed by atoms with Crippen LogP contribution in [0.15, 0.2) is 12.2 Å². The lowest BCUT2D eigenvalue weighted by Gasteiger charge is -2.32. The van der Waals surface area contributed by atoms with Crippen LogP contribution in [0.1, 0.15) is 39.5 Å². The summed E-state index contributed by atoms with van der Waals surface area (Å²) in [5.74, 6) is -4.09. The number of hydrogen-bond acceptors (Lipinski definition) is 4. The van der Waals surface area contributed by atoms with E-state index in [1.54, 1.807) is 5.32 Å². The number of carbonyl (C=O) groups excluding carboxylic acids is 3. The van der Waals surface area contributed by atoms with Gasteiger partial charge in [-0.2, -0.15) is 13.2 Å². The van der Waals surface area contributed by atoms with E-state index < -0.39 is 41.5 Å². The topological polar surface area (TPSA) is 84.5 Å². The Morgan fingerprint density at radius 1 is 1.04 bits per heavy atom. The molecule has 142 valence electrons.